The smallest absolute Gasteiger partial charge is 0.335 e. The average Bonchev–Trinajstić information content (AvgIpc) is 3.15. The third kappa shape index (κ3) is 3.70. The summed E-state index contributed by atoms with van der Waals surface area (Å²) in [4.78, 5) is 0. The minimum absolute atomic E-state index is 0.0907. The second-order valence-corrected chi connectivity index (χ2v) is 9.24. The van der Waals surface area contributed by atoms with Crippen LogP contribution in [0, 0.1) is 0 Å². The van der Waals surface area contributed by atoms with Gasteiger partial charge in [-0.25, -0.2) is 16.8 Å². The van der Waals surface area contributed by atoms with Crippen LogP contribution in [0.2, 0.25) is 5.02 Å². The van der Waals surface area contributed by atoms with E-state index in [0.29, 0.717) is 11.1 Å². The van der Waals surface area contributed by atoms with Crippen LogP contribution >= 0.6 is 11.6 Å². The Morgan fingerprint density at radius 3 is 1.48 bits per heavy atom. The molecule has 3 aromatic rings. The van der Waals surface area contributed by atoms with Crippen molar-refractivity contribution >= 4 is 31.3 Å². The summed E-state index contributed by atoms with van der Waals surface area (Å²) >= 11 is 6.03. The van der Waals surface area contributed by atoms with Gasteiger partial charge in [0.05, 0.1) is 0 Å². The van der Waals surface area contributed by atoms with Crippen LogP contribution in [0.15, 0.2) is 37.5 Å². The number of hydrogen-bond acceptors (Lipinski definition) is 10. The van der Waals surface area contributed by atoms with Crippen LogP contribution in [-0.4, -0.2) is 49.7 Å². The van der Waals surface area contributed by atoms with Crippen molar-refractivity contribution in [3.05, 3.63) is 23.2 Å². The van der Waals surface area contributed by atoms with Gasteiger partial charge in [-0.05, 0) is 18.2 Å². The zero-order valence-corrected chi connectivity index (χ0v) is 15.1. The van der Waals surface area contributed by atoms with Crippen LogP contribution in [-0.2, 0) is 19.7 Å². The lowest BCUT2D eigenvalue weighted by Crippen LogP contribution is -1.96. The second-order valence-electron chi connectivity index (χ2n) is 5.02. The fourth-order valence-electron chi connectivity index (χ4n) is 1.79. The lowest BCUT2D eigenvalue weighted by atomic mass is 10.1. The zero-order valence-electron chi connectivity index (χ0n) is 12.7. The Morgan fingerprint density at radius 1 is 0.760 bits per heavy atom. The van der Waals surface area contributed by atoms with Crippen molar-refractivity contribution in [3.63, 3.8) is 0 Å². The van der Waals surface area contributed by atoms with E-state index in [2.05, 4.69) is 20.4 Å². The highest BCUT2D eigenvalue weighted by Gasteiger charge is 2.21. The number of rotatable bonds is 4. The Bertz CT molecular complexity index is 1080. The first-order valence-electron chi connectivity index (χ1n) is 6.42. The van der Waals surface area contributed by atoms with Gasteiger partial charge < -0.3 is 8.83 Å². The number of sulfone groups is 2. The van der Waals surface area contributed by atoms with Gasteiger partial charge in [0.15, 0.2) is 0 Å². The Hall–Kier alpha value is -2.31. The fourth-order valence-corrected chi connectivity index (χ4v) is 2.86. The van der Waals surface area contributed by atoms with E-state index in [0.717, 1.165) is 12.5 Å². The van der Waals surface area contributed by atoms with Crippen molar-refractivity contribution in [3.8, 4) is 22.9 Å². The van der Waals surface area contributed by atoms with Gasteiger partial charge in [0, 0.05) is 28.7 Å². The van der Waals surface area contributed by atoms with E-state index in [4.69, 9.17) is 20.4 Å². The van der Waals surface area contributed by atoms with Crippen molar-refractivity contribution in [1.82, 2.24) is 20.4 Å². The summed E-state index contributed by atoms with van der Waals surface area (Å²) in [6.07, 6.45) is 1.86. The topological polar surface area (TPSA) is 146 Å². The van der Waals surface area contributed by atoms with E-state index >= 15 is 0 Å². The first kappa shape index (κ1) is 17.5. The number of halogens is 1. The molecule has 0 saturated carbocycles. The number of nitrogens with zero attached hydrogens (tertiary/aromatic N) is 4. The molecule has 10 nitrogen and oxygen atoms in total. The summed E-state index contributed by atoms with van der Waals surface area (Å²) in [5, 5.41) is 13.4. The maximum atomic E-state index is 11.4. The van der Waals surface area contributed by atoms with Gasteiger partial charge in [0.2, 0.25) is 31.5 Å². The Balaban J connectivity index is 2.07. The van der Waals surface area contributed by atoms with Crippen LogP contribution in [0.5, 0.6) is 0 Å². The van der Waals surface area contributed by atoms with Gasteiger partial charge in [0.1, 0.15) is 0 Å². The normalized spacial score (nSPS) is 12.4. The van der Waals surface area contributed by atoms with E-state index in [1.165, 1.54) is 18.2 Å². The van der Waals surface area contributed by atoms with Crippen LogP contribution < -0.4 is 0 Å². The number of benzene rings is 1. The van der Waals surface area contributed by atoms with Crippen molar-refractivity contribution in [2.75, 3.05) is 12.5 Å². The molecule has 1 aromatic carbocycles. The predicted molar refractivity (Wildman–Crippen MR) is 84.3 cm³/mol. The Labute approximate surface area is 146 Å². The Morgan fingerprint density at radius 2 is 1.16 bits per heavy atom. The summed E-state index contributed by atoms with van der Waals surface area (Å²) in [5.74, 6) is -0.181. The molecule has 2 heterocycles. The highest BCUT2D eigenvalue weighted by Crippen LogP contribution is 2.30. The largest absolute Gasteiger partial charge is 0.408 e. The molecular formula is C12H9ClN4O6S2. The maximum absolute atomic E-state index is 11.4. The number of hydrogen-bond donors (Lipinski definition) is 0. The van der Waals surface area contributed by atoms with E-state index in [-0.39, 0.29) is 16.8 Å². The monoisotopic (exact) mass is 404 g/mol. The third-order valence-electron chi connectivity index (χ3n) is 2.84. The molecule has 0 spiro atoms. The molecule has 2 aromatic heterocycles. The van der Waals surface area contributed by atoms with Crippen molar-refractivity contribution in [2.45, 2.75) is 10.4 Å². The van der Waals surface area contributed by atoms with E-state index in [1.54, 1.807) is 0 Å². The molecule has 0 aliphatic carbocycles. The highest BCUT2D eigenvalue weighted by molar-refractivity contribution is 7.90. The van der Waals surface area contributed by atoms with E-state index in [9.17, 15) is 16.8 Å². The van der Waals surface area contributed by atoms with Crippen LogP contribution in [0.1, 0.15) is 0 Å². The summed E-state index contributed by atoms with van der Waals surface area (Å²) in [6, 6.07) is 4.38. The minimum Gasteiger partial charge on any atom is -0.408 e. The molecule has 13 heteroatoms. The van der Waals surface area contributed by atoms with Crippen molar-refractivity contribution in [2.24, 2.45) is 0 Å². The molecule has 0 unspecified atom stereocenters. The summed E-state index contributed by atoms with van der Waals surface area (Å²) in [7, 11) is -7.31. The van der Waals surface area contributed by atoms with Crippen LogP contribution in [0.3, 0.4) is 0 Å². The first-order chi connectivity index (χ1) is 11.5. The molecule has 0 atom stereocenters. The molecule has 0 aliphatic heterocycles. The molecule has 25 heavy (non-hydrogen) atoms. The maximum Gasteiger partial charge on any atom is 0.335 e. The summed E-state index contributed by atoms with van der Waals surface area (Å²) in [5.41, 5.74) is 0.591. The third-order valence-corrected chi connectivity index (χ3v) is 4.66. The summed E-state index contributed by atoms with van der Waals surface area (Å²) in [6.45, 7) is 0. The van der Waals surface area contributed by atoms with Gasteiger partial charge in [-0.2, -0.15) is 0 Å². The van der Waals surface area contributed by atoms with Gasteiger partial charge >= 0.3 is 10.4 Å². The Kier molecular flexibility index (Phi) is 4.13. The molecule has 3 rings (SSSR count). The molecule has 0 aliphatic rings. The van der Waals surface area contributed by atoms with Gasteiger partial charge in [-0.15, -0.1) is 10.2 Å². The molecule has 0 N–H and O–H groups in total. The van der Waals surface area contributed by atoms with E-state index in [1.807, 2.05) is 0 Å². The average molecular weight is 405 g/mol. The van der Waals surface area contributed by atoms with Crippen molar-refractivity contribution in [1.29, 1.82) is 0 Å². The minimum atomic E-state index is -3.66. The van der Waals surface area contributed by atoms with Gasteiger partial charge in [-0.3, -0.25) is 0 Å². The SMILES string of the molecule is CS(=O)(=O)c1nnc(-c2cc(Cl)cc(-c3nnc(S(C)(=O)=O)o3)c2)o1. The van der Waals surface area contributed by atoms with Gasteiger partial charge in [0.25, 0.3) is 0 Å². The zero-order chi connectivity index (χ0) is 18.4. The molecule has 0 fully saturated rings. The second kappa shape index (κ2) is 5.89. The van der Waals surface area contributed by atoms with Crippen LogP contribution in [0.25, 0.3) is 22.9 Å². The number of aromatic nitrogens is 4. The summed E-state index contributed by atoms with van der Waals surface area (Å²) < 4.78 is 55.9. The lowest BCUT2D eigenvalue weighted by molar-refractivity contribution is 0.441. The molecule has 0 amide bonds. The molecule has 132 valence electrons. The first-order valence-corrected chi connectivity index (χ1v) is 10.6. The standard InChI is InChI=1S/C12H9ClN4O6S2/c1-24(18,19)11-16-14-9(22-11)6-3-7(5-8(13)4-6)10-15-17-12(23-10)25(2,20)21/h3-5H,1-2H3. The quantitative estimate of drug-likeness (QED) is 0.622. The fraction of sp³-hybridized carbons (Fsp3) is 0.167. The molecule has 0 radical (unpaired) electrons. The van der Waals surface area contributed by atoms with E-state index < -0.39 is 30.1 Å². The van der Waals surface area contributed by atoms with Crippen LogP contribution in [0.4, 0.5) is 0 Å². The molecular weight excluding hydrogens is 396 g/mol. The van der Waals surface area contributed by atoms with Crippen molar-refractivity contribution < 1.29 is 25.7 Å². The molecule has 0 bridgehead atoms. The lowest BCUT2D eigenvalue weighted by Gasteiger charge is -2.00. The predicted octanol–water partition coefficient (Wildman–Crippen LogP) is 1.25. The van der Waals surface area contributed by atoms with Gasteiger partial charge in [-0.1, -0.05) is 21.8 Å². The molecule has 0 saturated heterocycles. The highest BCUT2D eigenvalue weighted by atomic mass is 35.5.